The van der Waals surface area contributed by atoms with Crippen LogP contribution >= 0.6 is 0 Å². The number of methoxy groups -OCH3 is 1. The smallest absolute Gasteiger partial charge is 0.319 e. The summed E-state index contributed by atoms with van der Waals surface area (Å²) in [5.41, 5.74) is 4.16. The van der Waals surface area contributed by atoms with E-state index >= 15 is 0 Å². The number of nitrogens with zero attached hydrogens (tertiary/aromatic N) is 4. The van der Waals surface area contributed by atoms with Crippen molar-refractivity contribution < 1.29 is 13.9 Å². The van der Waals surface area contributed by atoms with Gasteiger partial charge in [0, 0.05) is 52.4 Å². The largest absolute Gasteiger partial charge is 0.496 e. The summed E-state index contributed by atoms with van der Waals surface area (Å²) in [6.45, 7) is 9.94. The number of oxazole rings is 1. The van der Waals surface area contributed by atoms with E-state index < -0.39 is 0 Å². The van der Waals surface area contributed by atoms with Crippen LogP contribution in [0.4, 0.5) is 4.79 Å². The van der Waals surface area contributed by atoms with Crippen molar-refractivity contribution in [3.05, 3.63) is 34.7 Å². The Morgan fingerprint density at radius 1 is 1.14 bits per heavy atom. The lowest BCUT2D eigenvalue weighted by atomic mass is 10.0. The Bertz CT molecular complexity index is 852. The Labute approximate surface area is 166 Å². The molecule has 0 radical (unpaired) electrons. The molecule has 2 aromatic rings. The van der Waals surface area contributed by atoms with E-state index in [4.69, 9.17) is 14.1 Å². The second-order valence-electron chi connectivity index (χ2n) is 7.53. The van der Waals surface area contributed by atoms with Crippen LogP contribution in [-0.2, 0) is 6.54 Å². The highest BCUT2D eigenvalue weighted by molar-refractivity contribution is 5.73. The predicted molar refractivity (Wildman–Crippen MR) is 109 cm³/mol. The minimum atomic E-state index is 0.0740. The molecule has 0 atom stereocenters. The van der Waals surface area contributed by atoms with E-state index in [2.05, 4.69) is 11.8 Å². The lowest BCUT2D eigenvalue weighted by molar-refractivity contribution is 0.119. The van der Waals surface area contributed by atoms with Crippen LogP contribution in [0.1, 0.15) is 22.6 Å². The van der Waals surface area contributed by atoms with E-state index in [9.17, 15) is 4.79 Å². The predicted octanol–water partition coefficient (Wildman–Crippen LogP) is 3.07. The van der Waals surface area contributed by atoms with Crippen LogP contribution in [0.15, 0.2) is 16.5 Å². The summed E-state index contributed by atoms with van der Waals surface area (Å²) in [5, 5.41) is 0. The highest BCUT2D eigenvalue weighted by Gasteiger charge is 2.24. The molecular formula is C21H30N4O3. The molecule has 0 bridgehead atoms. The first-order chi connectivity index (χ1) is 13.3. The van der Waals surface area contributed by atoms with Gasteiger partial charge in [-0.3, -0.25) is 4.90 Å². The summed E-state index contributed by atoms with van der Waals surface area (Å²) < 4.78 is 11.4. The van der Waals surface area contributed by atoms with E-state index in [1.54, 1.807) is 26.1 Å². The second kappa shape index (κ2) is 8.22. The van der Waals surface area contributed by atoms with Crippen molar-refractivity contribution in [1.82, 2.24) is 19.7 Å². The molecular weight excluding hydrogens is 356 g/mol. The number of amides is 2. The summed E-state index contributed by atoms with van der Waals surface area (Å²) in [6, 6.07) is 4.03. The Morgan fingerprint density at radius 3 is 2.43 bits per heavy atom. The van der Waals surface area contributed by atoms with Gasteiger partial charge in [-0.2, -0.15) is 0 Å². The van der Waals surface area contributed by atoms with Gasteiger partial charge >= 0.3 is 6.03 Å². The third-order valence-corrected chi connectivity index (χ3v) is 5.48. The van der Waals surface area contributed by atoms with Crippen LogP contribution in [0.2, 0.25) is 0 Å². The maximum Gasteiger partial charge on any atom is 0.319 e. The Kier molecular flexibility index (Phi) is 5.93. The van der Waals surface area contributed by atoms with Crippen molar-refractivity contribution in [2.75, 3.05) is 47.4 Å². The molecule has 0 saturated carbocycles. The fraction of sp³-hybridized carbons (Fsp3) is 0.524. The molecule has 0 aliphatic carbocycles. The molecule has 1 saturated heterocycles. The molecule has 1 fully saturated rings. The maximum absolute atomic E-state index is 12.1. The van der Waals surface area contributed by atoms with Crippen LogP contribution in [0.25, 0.3) is 11.5 Å². The third kappa shape index (κ3) is 3.99. The monoisotopic (exact) mass is 386 g/mol. The third-order valence-electron chi connectivity index (χ3n) is 5.48. The fourth-order valence-electron chi connectivity index (χ4n) is 3.53. The zero-order valence-corrected chi connectivity index (χ0v) is 17.7. The van der Waals surface area contributed by atoms with Gasteiger partial charge in [-0.1, -0.05) is 0 Å². The fourth-order valence-corrected chi connectivity index (χ4v) is 3.53. The van der Waals surface area contributed by atoms with Crippen LogP contribution in [0, 0.1) is 20.8 Å². The standard InChI is InChI=1S/C21H30N4O3/c1-14-15(2)19(27-6)8-7-17(14)20-22-18(16(3)28-20)13-24-9-11-25(12-10-24)21(26)23(4)5/h7-8H,9-13H2,1-6H3. The molecule has 152 valence electrons. The number of hydrogen-bond donors (Lipinski definition) is 0. The minimum absolute atomic E-state index is 0.0740. The van der Waals surface area contributed by atoms with Gasteiger partial charge < -0.3 is 19.0 Å². The van der Waals surface area contributed by atoms with E-state index in [1.165, 1.54) is 0 Å². The number of piperazine rings is 1. The van der Waals surface area contributed by atoms with Crippen LogP contribution in [0.3, 0.4) is 0 Å². The summed E-state index contributed by atoms with van der Waals surface area (Å²) >= 11 is 0. The molecule has 1 aromatic carbocycles. The van der Waals surface area contributed by atoms with E-state index in [1.807, 2.05) is 30.9 Å². The van der Waals surface area contributed by atoms with Gasteiger partial charge in [-0.25, -0.2) is 9.78 Å². The molecule has 2 heterocycles. The Morgan fingerprint density at radius 2 is 1.82 bits per heavy atom. The molecule has 0 N–H and O–H groups in total. The quantitative estimate of drug-likeness (QED) is 0.808. The van der Waals surface area contributed by atoms with Gasteiger partial charge in [0.1, 0.15) is 11.5 Å². The minimum Gasteiger partial charge on any atom is -0.496 e. The highest BCUT2D eigenvalue weighted by Crippen LogP contribution is 2.31. The number of aromatic nitrogens is 1. The van der Waals surface area contributed by atoms with Crippen molar-refractivity contribution in [1.29, 1.82) is 0 Å². The first kappa shape index (κ1) is 20.2. The van der Waals surface area contributed by atoms with E-state index in [0.717, 1.165) is 66.6 Å². The lowest BCUT2D eigenvalue weighted by Crippen LogP contribution is -2.51. The number of carbonyl (C=O) groups excluding carboxylic acids is 1. The Balaban J connectivity index is 1.71. The number of carbonyl (C=O) groups is 1. The molecule has 7 heteroatoms. The van der Waals surface area contributed by atoms with Gasteiger partial charge in [0.25, 0.3) is 0 Å². The van der Waals surface area contributed by atoms with Crippen molar-refractivity contribution in [3.63, 3.8) is 0 Å². The summed E-state index contributed by atoms with van der Waals surface area (Å²) in [5.74, 6) is 2.36. The Hall–Kier alpha value is -2.54. The number of urea groups is 1. The van der Waals surface area contributed by atoms with Crippen molar-refractivity contribution in [3.8, 4) is 17.2 Å². The van der Waals surface area contributed by atoms with Crippen LogP contribution in [-0.4, -0.2) is 73.1 Å². The topological polar surface area (TPSA) is 62.1 Å². The molecule has 0 unspecified atom stereocenters. The number of aryl methyl sites for hydroxylation is 1. The van der Waals surface area contributed by atoms with Gasteiger partial charge in [-0.15, -0.1) is 0 Å². The number of rotatable bonds is 4. The average molecular weight is 386 g/mol. The first-order valence-corrected chi connectivity index (χ1v) is 9.61. The SMILES string of the molecule is COc1ccc(-c2nc(CN3CCN(C(=O)N(C)C)CC3)c(C)o2)c(C)c1C. The number of benzene rings is 1. The van der Waals surface area contributed by atoms with Crippen molar-refractivity contribution in [2.45, 2.75) is 27.3 Å². The zero-order chi connectivity index (χ0) is 20.4. The second-order valence-corrected chi connectivity index (χ2v) is 7.53. The van der Waals surface area contributed by atoms with Gasteiger partial charge in [0.2, 0.25) is 5.89 Å². The van der Waals surface area contributed by atoms with Crippen molar-refractivity contribution in [2.24, 2.45) is 0 Å². The first-order valence-electron chi connectivity index (χ1n) is 9.61. The van der Waals surface area contributed by atoms with Crippen LogP contribution < -0.4 is 4.74 Å². The zero-order valence-electron chi connectivity index (χ0n) is 17.7. The molecule has 1 aliphatic heterocycles. The molecule has 1 aromatic heterocycles. The molecule has 28 heavy (non-hydrogen) atoms. The lowest BCUT2D eigenvalue weighted by Gasteiger charge is -2.35. The molecule has 0 spiro atoms. The van der Waals surface area contributed by atoms with Crippen LogP contribution in [0.5, 0.6) is 5.75 Å². The number of ether oxygens (including phenoxy) is 1. The summed E-state index contributed by atoms with van der Waals surface area (Å²) in [6.07, 6.45) is 0. The molecule has 7 nitrogen and oxygen atoms in total. The molecule has 3 rings (SSSR count). The highest BCUT2D eigenvalue weighted by atomic mass is 16.5. The number of hydrogen-bond acceptors (Lipinski definition) is 5. The molecule has 1 aliphatic rings. The van der Waals surface area contributed by atoms with Crippen molar-refractivity contribution >= 4 is 6.03 Å². The average Bonchev–Trinajstić information content (AvgIpc) is 3.04. The van der Waals surface area contributed by atoms with Gasteiger partial charge in [-0.05, 0) is 44.0 Å². The van der Waals surface area contributed by atoms with Gasteiger partial charge in [0.05, 0.1) is 12.8 Å². The normalized spacial score (nSPS) is 15.0. The summed E-state index contributed by atoms with van der Waals surface area (Å²) in [4.78, 5) is 22.7. The molecule has 2 amide bonds. The van der Waals surface area contributed by atoms with Gasteiger partial charge in [0.15, 0.2) is 0 Å². The summed E-state index contributed by atoms with van der Waals surface area (Å²) in [7, 11) is 5.26. The van der Waals surface area contributed by atoms with E-state index in [-0.39, 0.29) is 6.03 Å². The van der Waals surface area contributed by atoms with E-state index in [0.29, 0.717) is 5.89 Å². The maximum atomic E-state index is 12.1.